The Bertz CT molecular complexity index is 1230. The van der Waals surface area contributed by atoms with Crippen molar-refractivity contribution in [2.45, 2.75) is 84.5 Å². The van der Waals surface area contributed by atoms with Crippen LogP contribution >= 0.6 is 0 Å². The molecule has 2 N–H and O–H groups in total. The number of hydrogen-bond acceptors (Lipinski definition) is 4. The average Bonchev–Trinajstić information content (AvgIpc) is 3.18. The van der Waals surface area contributed by atoms with E-state index in [0.29, 0.717) is 42.4 Å². The molecule has 0 aromatic heterocycles. The molecule has 1 saturated carbocycles. The first-order valence-electron chi connectivity index (χ1n) is 14.7. The normalized spacial score (nSPS) is 20.1. The smallest absolute Gasteiger partial charge is 0.416 e. The van der Waals surface area contributed by atoms with Crippen LogP contribution in [0.15, 0.2) is 64.7 Å². The molecule has 10 heteroatoms. The first-order valence-corrected chi connectivity index (χ1v) is 14.7. The number of allylic oxidation sites excluding steroid dienone is 3. The molecule has 2 aliphatic rings. The minimum atomic E-state index is -4.22. The molecule has 0 aliphatic heterocycles. The third kappa shape index (κ3) is 11.1. The summed E-state index contributed by atoms with van der Waals surface area (Å²) in [5.41, 5.74) is 1.08. The maximum absolute atomic E-state index is 12.5. The number of hydrogen-bond donors (Lipinski definition) is 2. The van der Waals surface area contributed by atoms with Gasteiger partial charge in [-0.2, -0.15) is 13.2 Å². The molecule has 0 saturated heterocycles. The predicted molar refractivity (Wildman–Crippen MR) is 162 cm³/mol. The lowest BCUT2D eigenvalue weighted by Gasteiger charge is -2.45. The number of carboxylic acid groups (broad SMARTS) is 1. The van der Waals surface area contributed by atoms with Gasteiger partial charge in [0.1, 0.15) is 5.66 Å². The van der Waals surface area contributed by atoms with Gasteiger partial charge in [-0.05, 0) is 81.7 Å². The number of aliphatic imine (C=N–C) groups is 1. The number of rotatable bonds is 10. The molecule has 0 bridgehead atoms. The molecule has 1 fully saturated rings. The lowest BCUT2D eigenvalue weighted by atomic mass is 9.76. The third-order valence-electron chi connectivity index (χ3n) is 8.00. The van der Waals surface area contributed by atoms with Crippen molar-refractivity contribution in [1.82, 2.24) is 10.2 Å². The minimum absolute atomic E-state index is 0.00946. The molecule has 0 unspecified atom stereocenters. The summed E-state index contributed by atoms with van der Waals surface area (Å²) in [6.07, 6.45) is 8.26. The van der Waals surface area contributed by atoms with Crippen LogP contribution in [-0.2, 0) is 20.6 Å². The number of amides is 2. The maximum atomic E-state index is 12.5. The fraction of sp³-hybridized carbons (Fsp3) is 0.515. The molecular weight excluding hydrogens is 559 g/mol. The largest absolute Gasteiger partial charge is 0.481 e. The van der Waals surface area contributed by atoms with E-state index in [0.717, 1.165) is 43.4 Å². The first kappa shape index (κ1) is 35.5. The highest BCUT2D eigenvalue weighted by Gasteiger charge is 2.41. The van der Waals surface area contributed by atoms with E-state index in [-0.39, 0.29) is 24.8 Å². The quantitative estimate of drug-likeness (QED) is 0.285. The van der Waals surface area contributed by atoms with E-state index >= 15 is 0 Å². The number of nitrogens with zero attached hydrogens (tertiary/aromatic N) is 2. The topological polar surface area (TPSA) is 99.1 Å². The summed E-state index contributed by atoms with van der Waals surface area (Å²) in [6, 6.07) is 5.22. The van der Waals surface area contributed by atoms with Gasteiger partial charge in [0, 0.05) is 25.6 Å². The SMILES string of the molecule is C=NC1(N(CCC2=CCC=C(C(=O)NCCC(=O)O)C=C2)C(C)=O)CCC(C(C)C)CC1.Cc1cccc(C(F)(F)F)c1. The summed E-state index contributed by atoms with van der Waals surface area (Å²) >= 11 is 0. The van der Waals surface area contributed by atoms with E-state index in [4.69, 9.17) is 5.11 Å². The molecule has 0 spiro atoms. The second kappa shape index (κ2) is 16.2. The fourth-order valence-electron chi connectivity index (χ4n) is 5.41. The van der Waals surface area contributed by atoms with Gasteiger partial charge in [0.15, 0.2) is 0 Å². The van der Waals surface area contributed by atoms with Crippen LogP contribution in [0, 0.1) is 18.8 Å². The second-order valence-electron chi connectivity index (χ2n) is 11.4. The van der Waals surface area contributed by atoms with E-state index < -0.39 is 23.4 Å². The number of alkyl halides is 3. The Morgan fingerprint density at radius 3 is 2.35 bits per heavy atom. The zero-order valence-electron chi connectivity index (χ0n) is 25.5. The predicted octanol–water partition coefficient (Wildman–Crippen LogP) is 6.89. The lowest BCUT2D eigenvalue weighted by molar-refractivity contribution is -0.138. The molecular formula is C33H44F3N3O4. The summed E-state index contributed by atoms with van der Waals surface area (Å²) in [5.74, 6) is 0.0822. The summed E-state index contributed by atoms with van der Waals surface area (Å²) in [6.45, 7) is 12.2. The van der Waals surface area contributed by atoms with Crippen LogP contribution in [0.1, 0.15) is 76.8 Å². The molecule has 0 atom stereocenters. The first-order chi connectivity index (χ1) is 20.2. The number of carboxylic acids is 1. The molecule has 1 aromatic carbocycles. The van der Waals surface area contributed by atoms with Gasteiger partial charge in [-0.1, -0.05) is 55.8 Å². The van der Waals surface area contributed by atoms with Gasteiger partial charge >= 0.3 is 12.1 Å². The third-order valence-corrected chi connectivity index (χ3v) is 8.00. The van der Waals surface area contributed by atoms with E-state index in [2.05, 4.69) is 37.0 Å². The van der Waals surface area contributed by atoms with Crippen molar-refractivity contribution >= 4 is 24.5 Å². The van der Waals surface area contributed by atoms with Gasteiger partial charge in [0.05, 0.1) is 12.0 Å². The van der Waals surface area contributed by atoms with Crippen molar-refractivity contribution < 1.29 is 32.7 Å². The van der Waals surface area contributed by atoms with Gasteiger partial charge in [-0.3, -0.25) is 19.4 Å². The number of benzene rings is 1. The molecule has 7 nitrogen and oxygen atoms in total. The van der Waals surface area contributed by atoms with E-state index in [1.807, 2.05) is 17.1 Å². The van der Waals surface area contributed by atoms with Crippen LogP contribution in [-0.4, -0.2) is 53.3 Å². The van der Waals surface area contributed by atoms with Crippen LogP contribution in [0.4, 0.5) is 13.2 Å². The number of halogens is 3. The fourth-order valence-corrected chi connectivity index (χ4v) is 5.41. The van der Waals surface area contributed by atoms with Gasteiger partial charge in [-0.25, -0.2) is 0 Å². The molecule has 0 radical (unpaired) electrons. The van der Waals surface area contributed by atoms with Crippen molar-refractivity contribution in [3.63, 3.8) is 0 Å². The van der Waals surface area contributed by atoms with Crippen LogP contribution in [0.5, 0.6) is 0 Å². The Morgan fingerprint density at radius 2 is 1.84 bits per heavy atom. The molecule has 2 amide bonds. The monoisotopic (exact) mass is 603 g/mol. The van der Waals surface area contributed by atoms with Crippen molar-refractivity contribution in [1.29, 1.82) is 0 Å². The Hall–Kier alpha value is -3.69. The number of aryl methyl sites for hydroxylation is 1. The molecule has 2 aliphatic carbocycles. The molecule has 43 heavy (non-hydrogen) atoms. The highest BCUT2D eigenvalue weighted by Crippen LogP contribution is 2.40. The Morgan fingerprint density at radius 1 is 1.16 bits per heavy atom. The zero-order valence-corrected chi connectivity index (χ0v) is 25.5. The molecule has 0 heterocycles. The number of carbonyl (C=O) groups excluding carboxylic acids is 2. The highest BCUT2D eigenvalue weighted by atomic mass is 19.4. The minimum Gasteiger partial charge on any atom is -0.481 e. The molecule has 236 valence electrons. The van der Waals surface area contributed by atoms with Crippen molar-refractivity contribution in [3.05, 3.63) is 70.8 Å². The molecule has 3 rings (SSSR count). The number of carbonyl (C=O) groups is 3. The van der Waals surface area contributed by atoms with Crippen LogP contribution < -0.4 is 5.32 Å². The summed E-state index contributed by atoms with van der Waals surface area (Å²) < 4.78 is 35.9. The standard InChI is InChI=1S/C25H37N3O4.C8H7F3/c1-18(2)21-10-14-25(26-4,15-11-21)28(19(3)29)17-13-20-6-5-7-22(9-8-20)24(32)27-16-12-23(30)31;1-6-3-2-4-7(5-6)8(9,10)11/h6-9,18,21H,4-5,10-17H2,1-3H3,(H,27,32)(H,30,31);2-5H,1H3. The van der Waals surface area contributed by atoms with Gasteiger partial charge in [-0.15, -0.1) is 0 Å². The Kier molecular flexibility index (Phi) is 13.4. The van der Waals surface area contributed by atoms with Crippen molar-refractivity contribution in [2.75, 3.05) is 13.1 Å². The van der Waals surface area contributed by atoms with Crippen molar-refractivity contribution in [3.8, 4) is 0 Å². The average molecular weight is 604 g/mol. The van der Waals surface area contributed by atoms with Crippen LogP contribution in [0.2, 0.25) is 0 Å². The number of aliphatic carboxylic acids is 1. The van der Waals surface area contributed by atoms with Crippen LogP contribution in [0.25, 0.3) is 0 Å². The lowest BCUT2D eigenvalue weighted by Crippen LogP contribution is -2.52. The second-order valence-corrected chi connectivity index (χ2v) is 11.4. The van der Waals surface area contributed by atoms with Gasteiger partial charge in [0.2, 0.25) is 5.91 Å². The van der Waals surface area contributed by atoms with Crippen LogP contribution in [0.3, 0.4) is 0 Å². The summed E-state index contributed by atoms with van der Waals surface area (Å²) in [7, 11) is 0. The summed E-state index contributed by atoms with van der Waals surface area (Å²) in [5, 5.41) is 11.3. The maximum Gasteiger partial charge on any atom is 0.416 e. The van der Waals surface area contributed by atoms with E-state index in [1.165, 1.54) is 6.07 Å². The van der Waals surface area contributed by atoms with Crippen molar-refractivity contribution in [2.24, 2.45) is 16.8 Å². The molecule has 1 aromatic rings. The number of nitrogens with one attached hydrogen (secondary N) is 1. The van der Waals surface area contributed by atoms with E-state index in [1.54, 1.807) is 26.0 Å². The summed E-state index contributed by atoms with van der Waals surface area (Å²) in [4.78, 5) is 41.7. The highest BCUT2D eigenvalue weighted by molar-refractivity contribution is 5.96. The van der Waals surface area contributed by atoms with E-state index in [9.17, 15) is 27.6 Å². The Labute approximate surface area is 252 Å². The van der Waals surface area contributed by atoms with Gasteiger partial charge in [0.25, 0.3) is 5.91 Å². The Balaban J connectivity index is 0.000000490. The zero-order chi connectivity index (χ0) is 32.2. The van der Waals surface area contributed by atoms with Gasteiger partial charge < -0.3 is 15.3 Å².